The SMILES string of the molecule is Cc1ccc(SCCNC(=O)CN(c2cc(C)ccc2C)S(=O)(=O)N(C)C)cc1. The molecule has 0 saturated heterocycles. The number of aryl methyl sites for hydroxylation is 3. The van der Waals surface area contributed by atoms with E-state index in [9.17, 15) is 13.2 Å². The van der Waals surface area contributed by atoms with Crippen LogP contribution in [0.5, 0.6) is 0 Å². The van der Waals surface area contributed by atoms with Gasteiger partial charge in [-0.25, -0.2) is 4.31 Å². The first-order valence-corrected chi connectivity index (χ1v) is 11.7. The van der Waals surface area contributed by atoms with Crippen molar-refractivity contribution in [2.45, 2.75) is 25.7 Å². The second kappa shape index (κ2) is 10.1. The number of carbonyl (C=O) groups is 1. The van der Waals surface area contributed by atoms with Crippen LogP contribution in [-0.4, -0.2) is 51.6 Å². The van der Waals surface area contributed by atoms with Gasteiger partial charge in [0.1, 0.15) is 6.54 Å². The van der Waals surface area contributed by atoms with Crippen LogP contribution in [0.3, 0.4) is 0 Å². The van der Waals surface area contributed by atoms with Gasteiger partial charge in [0.15, 0.2) is 0 Å². The molecule has 0 atom stereocenters. The Morgan fingerprint density at radius 1 is 1.00 bits per heavy atom. The van der Waals surface area contributed by atoms with Crippen LogP contribution in [0.15, 0.2) is 47.4 Å². The molecule has 0 heterocycles. The Kier molecular flexibility index (Phi) is 8.13. The Labute approximate surface area is 178 Å². The fourth-order valence-corrected chi connectivity index (χ4v) is 4.54. The average Bonchev–Trinajstić information content (AvgIpc) is 2.66. The molecule has 0 unspecified atom stereocenters. The van der Waals surface area contributed by atoms with Crippen LogP contribution in [0.25, 0.3) is 0 Å². The van der Waals surface area contributed by atoms with Crippen LogP contribution >= 0.6 is 11.8 Å². The summed E-state index contributed by atoms with van der Waals surface area (Å²) in [6.45, 7) is 5.97. The lowest BCUT2D eigenvalue weighted by atomic mass is 10.1. The van der Waals surface area contributed by atoms with Crippen LogP contribution in [-0.2, 0) is 15.0 Å². The maximum Gasteiger partial charge on any atom is 0.304 e. The number of hydrogen-bond acceptors (Lipinski definition) is 4. The molecule has 158 valence electrons. The molecule has 0 bridgehead atoms. The Hall–Kier alpha value is -2.03. The van der Waals surface area contributed by atoms with Crippen LogP contribution in [0, 0.1) is 20.8 Å². The highest BCUT2D eigenvalue weighted by Gasteiger charge is 2.28. The maximum atomic E-state index is 12.8. The Morgan fingerprint density at radius 3 is 2.24 bits per heavy atom. The topological polar surface area (TPSA) is 69.7 Å². The first-order valence-electron chi connectivity index (χ1n) is 9.35. The average molecular weight is 436 g/mol. The summed E-state index contributed by atoms with van der Waals surface area (Å²) >= 11 is 1.65. The summed E-state index contributed by atoms with van der Waals surface area (Å²) in [5, 5.41) is 2.83. The number of anilines is 1. The molecule has 2 aromatic rings. The first-order chi connectivity index (χ1) is 13.6. The van der Waals surface area contributed by atoms with Gasteiger partial charge in [-0.3, -0.25) is 4.79 Å². The molecule has 0 saturated carbocycles. The zero-order valence-electron chi connectivity index (χ0n) is 17.6. The molecule has 1 amide bonds. The van der Waals surface area contributed by atoms with Crippen molar-refractivity contribution >= 4 is 33.6 Å². The third kappa shape index (κ3) is 6.48. The molecule has 6 nitrogen and oxygen atoms in total. The number of hydrogen-bond donors (Lipinski definition) is 1. The number of amides is 1. The van der Waals surface area contributed by atoms with Crippen LogP contribution in [0.4, 0.5) is 5.69 Å². The number of carbonyl (C=O) groups excluding carboxylic acids is 1. The van der Waals surface area contributed by atoms with Gasteiger partial charge in [-0.2, -0.15) is 12.7 Å². The molecule has 0 aliphatic heterocycles. The van der Waals surface area contributed by atoms with Gasteiger partial charge in [0.2, 0.25) is 5.91 Å². The summed E-state index contributed by atoms with van der Waals surface area (Å²) in [5.74, 6) is 0.374. The van der Waals surface area contributed by atoms with Gasteiger partial charge >= 0.3 is 10.2 Å². The standard InChI is InChI=1S/C21H29N3O3S2/c1-16-7-10-19(11-8-16)28-13-12-22-21(25)15-24(29(26,27)23(4)5)20-14-17(2)6-9-18(20)3/h6-11,14H,12-13,15H2,1-5H3,(H,22,25). The largest absolute Gasteiger partial charge is 0.354 e. The fourth-order valence-electron chi connectivity index (χ4n) is 2.66. The summed E-state index contributed by atoms with van der Waals surface area (Å²) in [6, 6.07) is 13.8. The molecule has 0 fully saturated rings. The Balaban J connectivity index is 2.03. The highest BCUT2D eigenvalue weighted by Crippen LogP contribution is 2.25. The molecule has 0 aliphatic rings. The summed E-state index contributed by atoms with van der Waals surface area (Å²) in [7, 11) is -0.880. The summed E-state index contributed by atoms with van der Waals surface area (Å²) in [4.78, 5) is 13.6. The normalized spacial score (nSPS) is 11.5. The molecule has 2 rings (SSSR count). The third-order valence-electron chi connectivity index (χ3n) is 4.37. The molecular formula is C21H29N3O3S2. The molecule has 2 aromatic carbocycles. The van der Waals surface area contributed by atoms with Gasteiger partial charge in [0.25, 0.3) is 0 Å². The minimum atomic E-state index is -3.80. The van der Waals surface area contributed by atoms with E-state index in [0.717, 1.165) is 24.6 Å². The second-order valence-electron chi connectivity index (χ2n) is 7.10. The molecule has 0 aromatic heterocycles. The third-order valence-corrected chi connectivity index (χ3v) is 7.19. The number of thioether (sulfide) groups is 1. The highest BCUT2D eigenvalue weighted by molar-refractivity contribution is 7.99. The maximum absolute atomic E-state index is 12.8. The van der Waals surface area contributed by atoms with Crippen LogP contribution in [0.2, 0.25) is 0 Å². The zero-order valence-corrected chi connectivity index (χ0v) is 19.2. The molecular weight excluding hydrogens is 406 g/mol. The summed E-state index contributed by atoms with van der Waals surface area (Å²) in [6.07, 6.45) is 0. The highest BCUT2D eigenvalue weighted by atomic mass is 32.2. The number of nitrogens with zero attached hydrogens (tertiary/aromatic N) is 2. The quantitative estimate of drug-likeness (QED) is 0.485. The van der Waals surface area contributed by atoms with Crippen molar-refractivity contribution in [3.8, 4) is 0 Å². The monoisotopic (exact) mass is 435 g/mol. The van der Waals surface area contributed by atoms with Crippen molar-refractivity contribution in [1.29, 1.82) is 0 Å². The van der Waals surface area contributed by atoms with E-state index in [1.807, 2.05) is 45.0 Å². The van der Waals surface area contributed by atoms with E-state index >= 15 is 0 Å². The Bertz CT molecular complexity index is 942. The summed E-state index contributed by atoms with van der Waals surface area (Å²) < 4.78 is 28.0. The molecule has 8 heteroatoms. The predicted molar refractivity (Wildman–Crippen MR) is 121 cm³/mol. The number of rotatable bonds is 9. The lowest BCUT2D eigenvalue weighted by Gasteiger charge is -2.28. The predicted octanol–water partition coefficient (Wildman–Crippen LogP) is 3.13. The van der Waals surface area contributed by atoms with E-state index in [1.165, 1.54) is 19.7 Å². The molecule has 0 spiro atoms. The summed E-state index contributed by atoms with van der Waals surface area (Å²) in [5.41, 5.74) is 3.45. The lowest BCUT2D eigenvalue weighted by Crippen LogP contribution is -2.46. The Morgan fingerprint density at radius 2 is 1.62 bits per heavy atom. The van der Waals surface area contributed by atoms with Crippen LogP contribution < -0.4 is 9.62 Å². The van der Waals surface area contributed by atoms with Gasteiger partial charge in [-0.05, 0) is 50.1 Å². The number of nitrogens with one attached hydrogen (secondary N) is 1. The van der Waals surface area contributed by atoms with Crippen molar-refractivity contribution in [3.63, 3.8) is 0 Å². The minimum absolute atomic E-state index is 0.264. The molecule has 0 aliphatic carbocycles. The van der Waals surface area contributed by atoms with E-state index in [-0.39, 0.29) is 12.5 Å². The van der Waals surface area contributed by atoms with E-state index in [2.05, 4.69) is 17.4 Å². The van der Waals surface area contributed by atoms with Crippen molar-refractivity contribution in [2.24, 2.45) is 0 Å². The first kappa shape index (κ1) is 23.3. The van der Waals surface area contributed by atoms with Gasteiger partial charge in [-0.15, -0.1) is 11.8 Å². The van der Waals surface area contributed by atoms with E-state index < -0.39 is 10.2 Å². The molecule has 29 heavy (non-hydrogen) atoms. The molecule has 0 radical (unpaired) electrons. The van der Waals surface area contributed by atoms with Crippen molar-refractivity contribution in [2.75, 3.05) is 37.2 Å². The van der Waals surface area contributed by atoms with Gasteiger partial charge in [0.05, 0.1) is 5.69 Å². The number of benzene rings is 2. The van der Waals surface area contributed by atoms with Crippen molar-refractivity contribution < 1.29 is 13.2 Å². The van der Waals surface area contributed by atoms with E-state index in [0.29, 0.717) is 18.0 Å². The van der Waals surface area contributed by atoms with E-state index in [4.69, 9.17) is 0 Å². The van der Waals surface area contributed by atoms with Gasteiger partial charge in [0, 0.05) is 31.3 Å². The lowest BCUT2D eigenvalue weighted by molar-refractivity contribution is -0.119. The van der Waals surface area contributed by atoms with Crippen molar-refractivity contribution in [3.05, 3.63) is 59.2 Å². The van der Waals surface area contributed by atoms with Crippen LogP contribution in [0.1, 0.15) is 16.7 Å². The van der Waals surface area contributed by atoms with Gasteiger partial charge < -0.3 is 5.32 Å². The smallest absolute Gasteiger partial charge is 0.304 e. The second-order valence-corrected chi connectivity index (χ2v) is 10.3. The van der Waals surface area contributed by atoms with E-state index in [1.54, 1.807) is 17.8 Å². The molecule has 1 N–H and O–H groups in total. The zero-order chi connectivity index (χ0) is 21.6. The van der Waals surface area contributed by atoms with Gasteiger partial charge in [-0.1, -0.05) is 29.8 Å². The van der Waals surface area contributed by atoms with Crippen molar-refractivity contribution in [1.82, 2.24) is 9.62 Å². The minimum Gasteiger partial charge on any atom is -0.354 e. The fraction of sp³-hybridized carbons (Fsp3) is 0.381.